The van der Waals surface area contributed by atoms with Crippen molar-refractivity contribution in [1.82, 2.24) is 0 Å². The van der Waals surface area contributed by atoms with Crippen LogP contribution in [0.5, 0.6) is 0 Å². The molecular formula is C65H110O6. The van der Waals surface area contributed by atoms with E-state index in [-0.39, 0.29) is 31.1 Å². The summed E-state index contributed by atoms with van der Waals surface area (Å²) in [6.45, 7) is 6.48. The van der Waals surface area contributed by atoms with Crippen molar-refractivity contribution in [1.29, 1.82) is 0 Å². The monoisotopic (exact) mass is 987 g/mol. The first-order valence-electron chi connectivity index (χ1n) is 29.7. The molecule has 0 bridgehead atoms. The number of allylic oxidation sites excluding steroid dienone is 16. The molecule has 0 saturated heterocycles. The SMILES string of the molecule is CC/C=C\C/C=C\C/C=C\C/C=C\CCCCCCC(=O)OC(COC(=O)CCCCCCC/C=C\CCCCCCCC)COC(=O)CCCCCCCC/C=C\C/C=C\C/C=C\CCCCCCC. The number of carbonyl (C=O) groups excluding carboxylic acids is 3. The zero-order chi connectivity index (χ0) is 51.4. The van der Waals surface area contributed by atoms with Crippen molar-refractivity contribution in [2.45, 2.75) is 284 Å². The van der Waals surface area contributed by atoms with Crippen molar-refractivity contribution >= 4 is 17.9 Å². The van der Waals surface area contributed by atoms with Gasteiger partial charge in [-0.2, -0.15) is 0 Å². The molecule has 0 aromatic rings. The maximum Gasteiger partial charge on any atom is 0.306 e. The molecule has 406 valence electrons. The third-order valence-corrected chi connectivity index (χ3v) is 12.5. The maximum atomic E-state index is 12.9. The van der Waals surface area contributed by atoms with Gasteiger partial charge in [-0.3, -0.25) is 14.4 Å². The minimum Gasteiger partial charge on any atom is -0.462 e. The first-order valence-corrected chi connectivity index (χ1v) is 29.7. The first kappa shape index (κ1) is 67.3. The Morgan fingerprint density at radius 3 is 0.873 bits per heavy atom. The van der Waals surface area contributed by atoms with Gasteiger partial charge in [0.25, 0.3) is 0 Å². The Kier molecular flexibility index (Phi) is 55.9. The quantitative estimate of drug-likeness (QED) is 0.0261. The summed E-state index contributed by atoms with van der Waals surface area (Å²) < 4.78 is 16.9. The van der Waals surface area contributed by atoms with E-state index in [1.807, 2.05) is 0 Å². The van der Waals surface area contributed by atoms with Gasteiger partial charge in [0.05, 0.1) is 0 Å². The molecule has 0 radical (unpaired) electrons. The fourth-order valence-corrected chi connectivity index (χ4v) is 8.08. The van der Waals surface area contributed by atoms with Gasteiger partial charge in [-0.1, -0.05) is 234 Å². The van der Waals surface area contributed by atoms with Crippen molar-refractivity contribution in [3.05, 3.63) is 97.2 Å². The van der Waals surface area contributed by atoms with Crippen molar-refractivity contribution in [2.24, 2.45) is 0 Å². The average molecular weight is 988 g/mol. The van der Waals surface area contributed by atoms with Gasteiger partial charge in [0, 0.05) is 19.3 Å². The molecule has 0 aromatic heterocycles. The summed E-state index contributed by atoms with van der Waals surface area (Å²) in [6.07, 6.45) is 78.2. The lowest BCUT2D eigenvalue weighted by molar-refractivity contribution is -0.167. The largest absolute Gasteiger partial charge is 0.462 e. The van der Waals surface area contributed by atoms with Crippen LogP contribution >= 0.6 is 0 Å². The van der Waals surface area contributed by atoms with Crippen LogP contribution < -0.4 is 0 Å². The Bertz CT molecular complexity index is 1410. The lowest BCUT2D eigenvalue weighted by atomic mass is 10.1. The van der Waals surface area contributed by atoms with E-state index in [4.69, 9.17) is 14.2 Å². The fraction of sp³-hybridized carbons (Fsp3) is 0.708. The molecule has 0 spiro atoms. The Labute approximate surface area is 438 Å². The van der Waals surface area contributed by atoms with E-state index in [1.54, 1.807) is 0 Å². The predicted molar refractivity (Wildman–Crippen MR) is 307 cm³/mol. The second kappa shape index (κ2) is 58.9. The second-order valence-electron chi connectivity index (χ2n) is 19.5. The van der Waals surface area contributed by atoms with Crippen LogP contribution in [0.4, 0.5) is 0 Å². The van der Waals surface area contributed by atoms with Crippen LogP contribution in [0.3, 0.4) is 0 Å². The summed E-state index contributed by atoms with van der Waals surface area (Å²) in [5.41, 5.74) is 0. The number of hydrogen-bond donors (Lipinski definition) is 0. The highest BCUT2D eigenvalue weighted by molar-refractivity contribution is 5.71. The van der Waals surface area contributed by atoms with E-state index in [0.29, 0.717) is 19.3 Å². The molecule has 0 aromatic carbocycles. The molecule has 6 heteroatoms. The number of ether oxygens (including phenoxy) is 3. The van der Waals surface area contributed by atoms with Gasteiger partial charge in [-0.25, -0.2) is 0 Å². The van der Waals surface area contributed by atoms with Gasteiger partial charge in [-0.05, 0) is 122 Å². The van der Waals surface area contributed by atoms with E-state index < -0.39 is 6.10 Å². The topological polar surface area (TPSA) is 78.9 Å². The molecular weight excluding hydrogens is 877 g/mol. The molecule has 71 heavy (non-hydrogen) atoms. The Morgan fingerprint density at radius 1 is 0.296 bits per heavy atom. The number of unbranched alkanes of at least 4 members (excludes halogenated alkanes) is 26. The van der Waals surface area contributed by atoms with Crippen molar-refractivity contribution in [3.8, 4) is 0 Å². The second-order valence-corrected chi connectivity index (χ2v) is 19.5. The zero-order valence-corrected chi connectivity index (χ0v) is 46.5. The summed E-state index contributed by atoms with van der Waals surface area (Å²) in [5.74, 6) is -0.937. The van der Waals surface area contributed by atoms with Gasteiger partial charge in [0.15, 0.2) is 6.10 Å². The fourth-order valence-electron chi connectivity index (χ4n) is 8.08. The molecule has 0 rings (SSSR count). The summed E-state index contributed by atoms with van der Waals surface area (Å²) in [7, 11) is 0. The average Bonchev–Trinajstić information content (AvgIpc) is 3.37. The number of esters is 3. The number of carbonyl (C=O) groups is 3. The summed E-state index contributed by atoms with van der Waals surface area (Å²) in [4.78, 5) is 38.2. The minimum absolute atomic E-state index is 0.0966. The van der Waals surface area contributed by atoms with Gasteiger partial charge in [0.1, 0.15) is 13.2 Å². The number of hydrogen-bond acceptors (Lipinski definition) is 6. The smallest absolute Gasteiger partial charge is 0.306 e. The van der Waals surface area contributed by atoms with Crippen LogP contribution in [-0.4, -0.2) is 37.2 Å². The molecule has 1 unspecified atom stereocenters. The lowest BCUT2D eigenvalue weighted by Crippen LogP contribution is -2.30. The molecule has 0 amide bonds. The van der Waals surface area contributed by atoms with E-state index in [0.717, 1.165) is 122 Å². The van der Waals surface area contributed by atoms with Gasteiger partial charge in [-0.15, -0.1) is 0 Å². The Hall–Kier alpha value is -3.67. The standard InChI is InChI=1S/C65H110O6/c1-4-7-10-13-16-19-22-25-28-30-31-32-33-35-37-40-43-46-49-52-55-58-64(67)70-61-62(60-69-63(66)57-54-51-48-45-42-39-36-27-24-21-18-15-12-9-6-3)71-65(68)59-56-53-50-47-44-41-38-34-29-26-23-20-17-14-11-8-5-2/h8,11,17,20,22,25-27,29-31,33,35-36,38,41,62H,4-7,9-10,12-16,18-19,21,23-24,28,32,34,37,39-40,42-61H2,1-3H3/b11-8-,20-17-,25-22-,29-26-,31-30-,35-33-,36-27-,41-38-. The molecule has 0 N–H and O–H groups in total. The van der Waals surface area contributed by atoms with E-state index in [1.165, 1.54) is 116 Å². The van der Waals surface area contributed by atoms with E-state index in [2.05, 4.69) is 118 Å². The van der Waals surface area contributed by atoms with Crippen LogP contribution in [-0.2, 0) is 28.6 Å². The van der Waals surface area contributed by atoms with Gasteiger partial charge in [0.2, 0.25) is 0 Å². The van der Waals surface area contributed by atoms with Crippen LogP contribution in [0.2, 0.25) is 0 Å². The van der Waals surface area contributed by atoms with E-state index in [9.17, 15) is 14.4 Å². The van der Waals surface area contributed by atoms with Crippen LogP contribution in [0.25, 0.3) is 0 Å². The summed E-state index contributed by atoms with van der Waals surface area (Å²) in [6, 6.07) is 0. The van der Waals surface area contributed by atoms with Crippen molar-refractivity contribution in [2.75, 3.05) is 13.2 Å². The molecule has 0 aliphatic heterocycles. The molecule has 0 aliphatic rings. The van der Waals surface area contributed by atoms with Crippen LogP contribution in [0.15, 0.2) is 97.2 Å². The first-order chi connectivity index (χ1) is 35.0. The Balaban J connectivity index is 4.45. The summed E-state index contributed by atoms with van der Waals surface area (Å²) in [5, 5.41) is 0. The zero-order valence-electron chi connectivity index (χ0n) is 46.5. The number of rotatable bonds is 53. The van der Waals surface area contributed by atoms with Crippen LogP contribution in [0, 0.1) is 0 Å². The highest BCUT2D eigenvalue weighted by Gasteiger charge is 2.19. The molecule has 0 fully saturated rings. The molecule has 0 aliphatic carbocycles. The molecule has 6 nitrogen and oxygen atoms in total. The lowest BCUT2D eigenvalue weighted by Gasteiger charge is -2.18. The highest BCUT2D eigenvalue weighted by Crippen LogP contribution is 2.14. The van der Waals surface area contributed by atoms with E-state index >= 15 is 0 Å². The molecule has 0 heterocycles. The van der Waals surface area contributed by atoms with Gasteiger partial charge >= 0.3 is 17.9 Å². The normalized spacial score (nSPS) is 12.8. The third-order valence-electron chi connectivity index (χ3n) is 12.5. The van der Waals surface area contributed by atoms with Gasteiger partial charge < -0.3 is 14.2 Å². The minimum atomic E-state index is -0.801. The Morgan fingerprint density at radius 2 is 0.549 bits per heavy atom. The predicted octanol–water partition coefficient (Wildman–Crippen LogP) is 20.1. The highest BCUT2D eigenvalue weighted by atomic mass is 16.6. The van der Waals surface area contributed by atoms with Crippen molar-refractivity contribution in [3.63, 3.8) is 0 Å². The third kappa shape index (κ3) is 57.1. The molecule has 0 saturated carbocycles. The van der Waals surface area contributed by atoms with Crippen LogP contribution in [0.1, 0.15) is 278 Å². The maximum absolute atomic E-state index is 12.9. The molecule has 1 atom stereocenters. The summed E-state index contributed by atoms with van der Waals surface area (Å²) >= 11 is 0. The van der Waals surface area contributed by atoms with Crippen molar-refractivity contribution < 1.29 is 28.6 Å².